The number of hydrogen-bond donors (Lipinski definition) is 2. The summed E-state index contributed by atoms with van der Waals surface area (Å²) in [6.45, 7) is 3.14. The minimum atomic E-state index is -0.719. The fraction of sp³-hybridized carbons (Fsp3) is 0.238. The highest BCUT2D eigenvalue weighted by molar-refractivity contribution is 6.05. The number of fused-ring (bicyclic) bond motifs is 1. The summed E-state index contributed by atoms with van der Waals surface area (Å²) in [5.74, 6) is -0.915. The van der Waals surface area contributed by atoms with Crippen molar-refractivity contribution in [1.29, 1.82) is 0 Å². The Morgan fingerprint density at radius 2 is 1.97 bits per heavy atom. The molecule has 0 fully saturated rings. The van der Waals surface area contributed by atoms with Gasteiger partial charge < -0.3 is 14.5 Å². The Morgan fingerprint density at radius 1 is 1.17 bits per heavy atom. The first-order chi connectivity index (χ1) is 14.0. The monoisotopic (exact) mass is 395 g/mol. The van der Waals surface area contributed by atoms with Gasteiger partial charge in [-0.05, 0) is 37.6 Å². The Labute approximate surface area is 167 Å². The van der Waals surface area contributed by atoms with Crippen molar-refractivity contribution in [3.8, 4) is 11.5 Å². The number of imide groups is 1. The number of pyridine rings is 1. The molecule has 29 heavy (non-hydrogen) atoms. The van der Waals surface area contributed by atoms with E-state index in [0.717, 1.165) is 6.42 Å². The van der Waals surface area contributed by atoms with Crippen molar-refractivity contribution in [2.75, 3.05) is 6.61 Å². The molecule has 2 N–H and O–H groups in total. The largest absolute Gasteiger partial charge is 0.463 e. The van der Waals surface area contributed by atoms with E-state index in [9.17, 15) is 14.4 Å². The van der Waals surface area contributed by atoms with Crippen LogP contribution in [-0.2, 0) is 9.53 Å². The van der Waals surface area contributed by atoms with E-state index in [1.807, 2.05) is 13.8 Å². The molecular formula is C21H21N3O5. The maximum Gasteiger partial charge on any atom is 0.339 e. The molecule has 1 aromatic carbocycles. The Morgan fingerprint density at radius 3 is 2.69 bits per heavy atom. The van der Waals surface area contributed by atoms with Crippen LogP contribution in [0.25, 0.3) is 22.4 Å². The van der Waals surface area contributed by atoms with Crippen LogP contribution in [0.3, 0.4) is 0 Å². The first-order valence-corrected chi connectivity index (χ1v) is 9.19. The summed E-state index contributed by atoms with van der Waals surface area (Å²) in [6, 6.07) is 11.4. The highest BCUT2D eigenvalue weighted by Crippen LogP contribution is 2.25. The molecule has 0 aliphatic carbocycles. The number of furan rings is 1. The molecule has 3 rings (SSSR count). The summed E-state index contributed by atoms with van der Waals surface area (Å²) in [5, 5.41) is 5.31. The molecular weight excluding hydrogens is 374 g/mol. The highest BCUT2D eigenvalue weighted by atomic mass is 16.5. The summed E-state index contributed by atoms with van der Waals surface area (Å²) in [6.07, 6.45) is 2.24. The lowest BCUT2D eigenvalue weighted by atomic mass is 10.1. The maximum atomic E-state index is 12.6. The minimum Gasteiger partial charge on any atom is -0.463 e. The summed E-state index contributed by atoms with van der Waals surface area (Å²) in [4.78, 5) is 40.7. The average molecular weight is 395 g/mol. The van der Waals surface area contributed by atoms with Gasteiger partial charge in [0.15, 0.2) is 12.4 Å². The third-order valence-electron chi connectivity index (χ3n) is 4.29. The van der Waals surface area contributed by atoms with Gasteiger partial charge in [0.1, 0.15) is 5.69 Å². The van der Waals surface area contributed by atoms with Gasteiger partial charge in [0, 0.05) is 11.4 Å². The lowest BCUT2D eigenvalue weighted by Gasteiger charge is -2.12. The Bertz CT molecular complexity index is 1030. The number of carbonyl (C=O) groups excluding carboxylic acids is 3. The number of rotatable bonds is 6. The molecule has 0 aliphatic heterocycles. The Kier molecular flexibility index (Phi) is 6.23. The fourth-order valence-corrected chi connectivity index (χ4v) is 2.63. The molecule has 8 nitrogen and oxygen atoms in total. The van der Waals surface area contributed by atoms with E-state index in [1.54, 1.807) is 42.5 Å². The van der Waals surface area contributed by atoms with Crippen LogP contribution >= 0.6 is 0 Å². The first-order valence-electron chi connectivity index (χ1n) is 9.19. The summed E-state index contributed by atoms with van der Waals surface area (Å²) in [7, 11) is 0. The maximum absolute atomic E-state index is 12.6. The van der Waals surface area contributed by atoms with Crippen LogP contribution in [-0.4, -0.2) is 35.5 Å². The van der Waals surface area contributed by atoms with Crippen LogP contribution < -0.4 is 10.6 Å². The normalized spacial score (nSPS) is 11.7. The summed E-state index contributed by atoms with van der Waals surface area (Å²) in [5.41, 5.74) is 1.31. The number of hydrogen-bond acceptors (Lipinski definition) is 6. The molecule has 2 heterocycles. The molecule has 3 amide bonds. The van der Waals surface area contributed by atoms with Gasteiger partial charge in [-0.3, -0.25) is 10.1 Å². The molecule has 3 aromatic rings. The van der Waals surface area contributed by atoms with Crippen molar-refractivity contribution in [3.63, 3.8) is 0 Å². The fourth-order valence-electron chi connectivity index (χ4n) is 2.63. The lowest BCUT2D eigenvalue weighted by molar-refractivity contribution is -0.123. The molecule has 1 atom stereocenters. The second-order valence-electron chi connectivity index (χ2n) is 6.46. The van der Waals surface area contributed by atoms with E-state index in [2.05, 4.69) is 15.6 Å². The van der Waals surface area contributed by atoms with Crippen molar-refractivity contribution < 1.29 is 23.5 Å². The van der Waals surface area contributed by atoms with Gasteiger partial charge >= 0.3 is 12.0 Å². The quantitative estimate of drug-likeness (QED) is 0.620. The molecule has 0 aliphatic rings. The smallest absolute Gasteiger partial charge is 0.339 e. The second-order valence-corrected chi connectivity index (χ2v) is 6.46. The molecule has 8 heteroatoms. The van der Waals surface area contributed by atoms with Gasteiger partial charge in [0.05, 0.1) is 17.3 Å². The number of carbonyl (C=O) groups is 3. The molecule has 0 radical (unpaired) electrons. The van der Waals surface area contributed by atoms with Crippen molar-refractivity contribution >= 4 is 28.8 Å². The van der Waals surface area contributed by atoms with Gasteiger partial charge in [-0.25, -0.2) is 14.6 Å². The number of urea groups is 1. The molecule has 0 unspecified atom stereocenters. The van der Waals surface area contributed by atoms with Gasteiger partial charge in [-0.1, -0.05) is 25.1 Å². The van der Waals surface area contributed by atoms with Crippen LogP contribution in [0, 0.1) is 0 Å². The number of ether oxygens (including phenoxy) is 1. The third kappa shape index (κ3) is 4.98. The molecule has 0 saturated heterocycles. The van der Waals surface area contributed by atoms with Crippen LogP contribution in [0.1, 0.15) is 30.6 Å². The zero-order chi connectivity index (χ0) is 20.8. The van der Waals surface area contributed by atoms with Crippen LogP contribution in [0.2, 0.25) is 0 Å². The van der Waals surface area contributed by atoms with Gasteiger partial charge in [-0.15, -0.1) is 0 Å². The predicted octanol–water partition coefficient (Wildman–Crippen LogP) is 3.28. The van der Waals surface area contributed by atoms with E-state index in [1.165, 1.54) is 6.26 Å². The highest BCUT2D eigenvalue weighted by Gasteiger charge is 2.18. The second kappa shape index (κ2) is 9.01. The first kappa shape index (κ1) is 20.1. The topological polar surface area (TPSA) is 111 Å². The molecule has 150 valence electrons. The number of benzene rings is 1. The van der Waals surface area contributed by atoms with E-state index >= 15 is 0 Å². The van der Waals surface area contributed by atoms with E-state index in [-0.39, 0.29) is 11.6 Å². The van der Waals surface area contributed by atoms with Gasteiger partial charge in [0.25, 0.3) is 5.91 Å². The number of esters is 1. The lowest BCUT2D eigenvalue weighted by Crippen LogP contribution is -2.44. The van der Waals surface area contributed by atoms with Crippen molar-refractivity contribution in [1.82, 2.24) is 15.6 Å². The number of para-hydroxylation sites is 1. The number of amides is 3. The molecule has 2 aromatic heterocycles. The van der Waals surface area contributed by atoms with Crippen LogP contribution in [0.15, 0.2) is 53.1 Å². The van der Waals surface area contributed by atoms with Gasteiger partial charge in [-0.2, -0.15) is 0 Å². The zero-order valence-corrected chi connectivity index (χ0v) is 16.1. The zero-order valence-electron chi connectivity index (χ0n) is 16.1. The molecule has 0 bridgehead atoms. The van der Waals surface area contributed by atoms with Crippen LogP contribution in [0.5, 0.6) is 0 Å². The minimum absolute atomic E-state index is 0.0754. The summed E-state index contributed by atoms with van der Waals surface area (Å²) >= 11 is 0. The number of nitrogens with zero attached hydrogens (tertiary/aromatic N) is 1. The van der Waals surface area contributed by atoms with Crippen molar-refractivity contribution in [2.45, 2.75) is 26.3 Å². The van der Waals surface area contributed by atoms with E-state index < -0.39 is 24.5 Å². The predicted molar refractivity (Wildman–Crippen MR) is 106 cm³/mol. The standard InChI is InChI=1S/C21H21N3O5/c1-3-13(2)22-21(27)24-19(25)12-29-20(26)15-11-17(18-9-6-10-28-18)23-16-8-5-4-7-14(15)16/h4-11,13H,3,12H2,1-2H3,(H2,22,24,25,27)/t13-/m1/s1. The Hall–Kier alpha value is -3.68. The molecule has 0 saturated carbocycles. The van der Waals surface area contributed by atoms with Crippen molar-refractivity contribution in [3.05, 3.63) is 54.3 Å². The van der Waals surface area contributed by atoms with E-state index in [4.69, 9.17) is 9.15 Å². The van der Waals surface area contributed by atoms with E-state index in [0.29, 0.717) is 22.4 Å². The molecule has 0 spiro atoms. The Balaban J connectivity index is 1.73. The number of nitrogens with one attached hydrogen (secondary N) is 2. The average Bonchev–Trinajstić information content (AvgIpc) is 3.25. The SMILES string of the molecule is CC[C@@H](C)NC(=O)NC(=O)COC(=O)c1cc(-c2ccco2)nc2ccccc12. The number of aromatic nitrogens is 1. The van der Waals surface area contributed by atoms with Crippen molar-refractivity contribution in [2.24, 2.45) is 0 Å². The summed E-state index contributed by atoms with van der Waals surface area (Å²) < 4.78 is 10.5. The van der Waals surface area contributed by atoms with Crippen LogP contribution in [0.4, 0.5) is 4.79 Å². The third-order valence-corrected chi connectivity index (χ3v) is 4.29. The van der Waals surface area contributed by atoms with Gasteiger partial charge in [0.2, 0.25) is 0 Å².